The molecular weight excluding hydrogens is 997 g/mol. The van der Waals surface area contributed by atoms with E-state index in [4.69, 9.17) is 14.2 Å². The van der Waals surface area contributed by atoms with Crippen LogP contribution in [0.2, 0.25) is 0 Å². The van der Waals surface area contributed by atoms with Crippen molar-refractivity contribution in [3.8, 4) is 0 Å². The molecular formula is C75H138O6. The lowest BCUT2D eigenvalue weighted by Crippen LogP contribution is -2.30. The standard InChI is InChI=1S/C75H138O6/c1-4-7-10-13-16-19-22-24-26-28-30-32-34-35-36-37-38-39-41-42-44-46-48-50-53-56-59-62-65-68-74(77)80-71-72(70-79-73(76)67-64-61-58-55-52-21-18-15-12-9-6-3)81-75(78)69-66-63-60-57-54-51-49-47-45-43-40-33-31-29-27-25-23-20-17-14-11-8-5-2/h22-25,28-31,72H,4-21,26-27,32-71H2,1-3H3/b24-22-,25-23-,30-28-,31-29-. The monoisotopic (exact) mass is 1140 g/mol. The SMILES string of the molecule is CCCCCCC/C=C\C/C=C\CCCCCCCCCCCCCCCCCCCC(=O)OCC(COC(=O)CCCCCCCCCCCCC)OC(=O)CCCCCCCCCCCCC/C=C\C/C=C\CCCCCCC. The van der Waals surface area contributed by atoms with Crippen molar-refractivity contribution in [2.24, 2.45) is 0 Å². The molecule has 81 heavy (non-hydrogen) atoms. The first-order chi connectivity index (χ1) is 40.0. The number of rotatable bonds is 67. The van der Waals surface area contributed by atoms with E-state index < -0.39 is 6.10 Å². The van der Waals surface area contributed by atoms with Gasteiger partial charge in [0, 0.05) is 19.3 Å². The molecule has 6 heteroatoms. The van der Waals surface area contributed by atoms with Gasteiger partial charge in [-0.05, 0) is 83.5 Å². The van der Waals surface area contributed by atoms with E-state index in [2.05, 4.69) is 69.4 Å². The highest BCUT2D eigenvalue weighted by atomic mass is 16.6. The highest BCUT2D eigenvalue weighted by Crippen LogP contribution is 2.18. The molecule has 0 aliphatic heterocycles. The van der Waals surface area contributed by atoms with Crippen LogP contribution in [-0.4, -0.2) is 37.2 Å². The van der Waals surface area contributed by atoms with Crippen LogP contribution in [-0.2, 0) is 28.6 Å². The van der Waals surface area contributed by atoms with E-state index in [-0.39, 0.29) is 31.1 Å². The van der Waals surface area contributed by atoms with Crippen molar-refractivity contribution in [2.45, 2.75) is 399 Å². The number of unbranched alkanes of at least 4 members (excludes halogenated alkanes) is 48. The molecule has 0 aliphatic rings. The van der Waals surface area contributed by atoms with Crippen molar-refractivity contribution in [2.75, 3.05) is 13.2 Å². The lowest BCUT2D eigenvalue weighted by atomic mass is 10.0. The fraction of sp³-hybridized carbons (Fsp3) is 0.853. The van der Waals surface area contributed by atoms with Crippen LogP contribution in [0.5, 0.6) is 0 Å². The second kappa shape index (κ2) is 69.9. The lowest BCUT2D eigenvalue weighted by molar-refractivity contribution is -0.167. The summed E-state index contributed by atoms with van der Waals surface area (Å²) in [6, 6.07) is 0. The number of carbonyl (C=O) groups excluding carboxylic acids is 3. The number of allylic oxidation sites excluding steroid dienone is 8. The Morgan fingerprint density at radius 3 is 0.679 bits per heavy atom. The van der Waals surface area contributed by atoms with Gasteiger partial charge in [-0.1, -0.05) is 339 Å². The first kappa shape index (κ1) is 78.4. The first-order valence-corrected chi connectivity index (χ1v) is 36.1. The fourth-order valence-corrected chi connectivity index (χ4v) is 10.9. The average Bonchev–Trinajstić information content (AvgIpc) is 3.47. The molecule has 0 fully saturated rings. The van der Waals surface area contributed by atoms with Gasteiger partial charge in [0.15, 0.2) is 6.10 Å². The van der Waals surface area contributed by atoms with Gasteiger partial charge < -0.3 is 14.2 Å². The molecule has 0 amide bonds. The van der Waals surface area contributed by atoms with Crippen LogP contribution in [0.3, 0.4) is 0 Å². The van der Waals surface area contributed by atoms with Crippen LogP contribution in [0.15, 0.2) is 48.6 Å². The van der Waals surface area contributed by atoms with Gasteiger partial charge in [0.2, 0.25) is 0 Å². The number of hydrogen-bond donors (Lipinski definition) is 0. The summed E-state index contributed by atoms with van der Waals surface area (Å²) >= 11 is 0. The van der Waals surface area contributed by atoms with E-state index in [0.29, 0.717) is 19.3 Å². The smallest absolute Gasteiger partial charge is 0.306 e. The van der Waals surface area contributed by atoms with Gasteiger partial charge in [-0.15, -0.1) is 0 Å². The molecule has 0 rings (SSSR count). The van der Waals surface area contributed by atoms with Crippen LogP contribution in [0.25, 0.3) is 0 Å². The summed E-state index contributed by atoms with van der Waals surface area (Å²) < 4.78 is 17.0. The van der Waals surface area contributed by atoms with Gasteiger partial charge >= 0.3 is 17.9 Å². The Balaban J connectivity index is 4.16. The summed E-state index contributed by atoms with van der Waals surface area (Å²) in [5.74, 6) is -0.845. The molecule has 0 aliphatic carbocycles. The first-order valence-electron chi connectivity index (χ1n) is 36.1. The second-order valence-electron chi connectivity index (χ2n) is 24.5. The fourth-order valence-electron chi connectivity index (χ4n) is 10.9. The van der Waals surface area contributed by atoms with E-state index in [0.717, 1.165) is 70.6 Å². The molecule has 0 saturated heterocycles. The zero-order chi connectivity index (χ0) is 58.5. The molecule has 0 saturated carbocycles. The Bertz CT molecular complexity index is 1400. The highest BCUT2D eigenvalue weighted by molar-refractivity contribution is 5.71. The van der Waals surface area contributed by atoms with Gasteiger partial charge in [-0.3, -0.25) is 14.4 Å². The third-order valence-electron chi connectivity index (χ3n) is 16.3. The van der Waals surface area contributed by atoms with E-state index in [1.165, 1.54) is 283 Å². The number of ether oxygens (including phenoxy) is 3. The van der Waals surface area contributed by atoms with Crippen LogP contribution < -0.4 is 0 Å². The van der Waals surface area contributed by atoms with E-state index in [9.17, 15) is 14.4 Å². The Morgan fingerprint density at radius 1 is 0.247 bits per heavy atom. The molecule has 0 spiro atoms. The number of hydrogen-bond acceptors (Lipinski definition) is 6. The molecule has 0 N–H and O–H groups in total. The van der Waals surface area contributed by atoms with Crippen molar-refractivity contribution in [3.63, 3.8) is 0 Å². The van der Waals surface area contributed by atoms with E-state index in [1.807, 2.05) is 0 Å². The molecule has 474 valence electrons. The molecule has 0 aromatic rings. The molecule has 1 atom stereocenters. The quantitative estimate of drug-likeness (QED) is 0.0261. The van der Waals surface area contributed by atoms with Gasteiger partial charge in [-0.2, -0.15) is 0 Å². The molecule has 1 unspecified atom stereocenters. The summed E-state index contributed by atoms with van der Waals surface area (Å²) in [6.07, 6.45) is 88.6. The third-order valence-corrected chi connectivity index (χ3v) is 16.3. The van der Waals surface area contributed by atoms with Crippen LogP contribution >= 0.6 is 0 Å². The normalized spacial score (nSPS) is 12.3. The zero-order valence-electron chi connectivity index (χ0n) is 54.6. The predicted molar refractivity (Wildman–Crippen MR) is 353 cm³/mol. The maximum atomic E-state index is 12.9. The summed E-state index contributed by atoms with van der Waals surface area (Å²) in [6.45, 7) is 6.68. The number of carbonyl (C=O) groups is 3. The van der Waals surface area contributed by atoms with Crippen LogP contribution in [0.1, 0.15) is 393 Å². The predicted octanol–water partition coefficient (Wildman–Crippen LogP) is 24.9. The Morgan fingerprint density at radius 2 is 0.444 bits per heavy atom. The molecule has 0 aromatic heterocycles. The summed E-state index contributed by atoms with van der Waals surface area (Å²) in [7, 11) is 0. The third kappa shape index (κ3) is 68.0. The van der Waals surface area contributed by atoms with Gasteiger partial charge in [-0.25, -0.2) is 0 Å². The highest BCUT2D eigenvalue weighted by Gasteiger charge is 2.19. The van der Waals surface area contributed by atoms with Crippen molar-refractivity contribution < 1.29 is 28.6 Å². The Labute approximate surface area is 505 Å². The van der Waals surface area contributed by atoms with E-state index >= 15 is 0 Å². The molecule has 0 bridgehead atoms. The number of esters is 3. The van der Waals surface area contributed by atoms with E-state index in [1.54, 1.807) is 0 Å². The van der Waals surface area contributed by atoms with Gasteiger partial charge in [0.25, 0.3) is 0 Å². The van der Waals surface area contributed by atoms with Crippen molar-refractivity contribution in [1.29, 1.82) is 0 Å². The summed E-state index contributed by atoms with van der Waals surface area (Å²) in [4.78, 5) is 38.4. The second-order valence-corrected chi connectivity index (χ2v) is 24.5. The zero-order valence-corrected chi connectivity index (χ0v) is 54.6. The minimum atomic E-state index is -0.772. The van der Waals surface area contributed by atoms with Gasteiger partial charge in [0.05, 0.1) is 0 Å². The molecule has 0 radical (unpaired) electrons. The van der Waals surface area contributed by atoms with Crippen molar-refractivity contribution >= 4 is 17.9 Å². The maximum absolute atomic E-state index is 12.9. The molecule has 6 nitrogen and oxygen atoms in total. The van der Waals surface area contributed by atoms with Crippen LogP contribution in [0, 0.1) is 0 Å². The largest absolute Gasteiger partial charge is 0.462 e. The maximum Gasteiger partial charge on any atom is 0.306 e. The molecule has 0 heterocycles. The van der Waals surface area contributed by atoms with Crippen LogP contribution in [0.4, 0.5) is 0 Å². The Kier molecular flexibility index (Phi) is 67.6. The summed E-state index contributed by atoms with van der Waals surface area (Å²) in [5, 5.41) is 0. The van der Waals surface area contributed by atoms with Gasteiger partial charge in [0.1, 0.15) is 13.2 Å². The average molecular weight is 1140 g/mol. The molecule has 0 aromatic carbocycles. The van der Waals surface area contributed by atoms with Crippen molar-refractivity contribution in [1.82, 2.24) is 0 Å². The topological polar surface area (TPSA) is 78.9 Å². The Hall–Kier alpha value is -2.63. The minimum absolute atomic E-state index is 0.0685. The summed E-state index contributed by atoms with van der Waals surface area (Å²) in [5.41, 5.74) is 0. The lowest BCUT2D eigenvalue weighted by Gasteiger charge is -2.18. The minimum Gasteiger partial charge on any atom is -0.462 e. The van der Waals surface area contributed by atoms with Crippen molar-refractivity contribution in [3.05, 3.63) is 48.6 Å².